The van der Waals surface area contributed by atoms with Gasteiger partial charge in [-0.1, -0.05) is 31.0 Å². The van der Waals surface area contributed by atoms with Gasteiger partial charge in [0.05, 0.1) is 6.67 Å². The van der Waals surface area contributed by atoms with Gasteiger partial charge in [-0.25, -0.2) is 4.39 Å². The lowest BCUT2D eigenvalue weighted by Gasteiger charge is -2.08. The van der Waals surface area contributed by atoms with E-state index in [4.69, 9.17) is 0 Å². The van der Waals surface area contributed by atoms with E-state index >= 15 is 0 Å². The first-order valence-corrected chi connectivity index (χ1v) is 5.36. The molecule has 0 saturated carbocycles. The summed E-state index contributed by atoms with van der Waals surface area (Å²) < 4.78 is 25.5. The molecule has 0 aliphatic heterocycles. The van der Waals surface area contributed by atoms with Gasteiger partial charge in [-0.2, -0.15) is 0 Å². The zero-order chi connectivity index (χ0) is 11.1. The van der Waals surface area contributed by atoms with Crippen LogP contribution in [-0.4, -0.2) is 6.67 Å². The van der Waals surface area contributed by atoms with E-state index in [2.05, 4.69) is 5.73 Å². The molecule has 0 heterocycles. The molecule has 84 valence electrons. The van der Waals surface area contributed by atoms with Crippen molar-refractivity contribution in [1.82, 2.24) is 0 Å². The van der Waals surface area contributed by atoms with Gasteiger partial charge in [-0.3, -0.25) is 4.39 Å². The van der Waals surface area contributed by atoms with Crippen molar-refractivity contribution in [3.63, 3.8) is 0 Å². The lowest BCUT2D eigenvalue weighted by molar-refractivity contribution is -0.256. The Hall–Kier alpha value is -0.960. The van der Waals surface area contributed by atoms with Gasteiger partial charge in [0.15, 0.2) is 0 Å². The number of alkyl halides is 2. The minimum absolute atomic E-state index is 0.303. The quantitative estimate of drug-likeness (QED) is 0.705. The fourth-order valence-corrected chi connectivity index (χ4v) is 1.59. The van der Waals surface area contributed by atoms with E-state index in [1.807, 2.05) is 18.2 Å². The summed E-state index contributed by atoms with van der Waals surface area (Å²) in [6.45, 7) is -0.303. The van der Waals surface area contributed by atoms with E-state index in [0.717, 1.165) is 18.5 Å². The number of unbranched alkanes of at least 4 members (excludes halogenated alkanes) is 2. The maximum Gasteiger partial charge on any atom is 0.134 e. The largest absolute Gasteiger partial charge is 0.325 e. The molecular formula is C12H18F2N+. The molecule has 1 nitrogen and oxygen atoms in total. The van der Waals surface area contributed by atoms with Crippen molar-refractivity contribution in [2.75, 3.05) is 6.67 Å². The molecule has 0 radical (unpaired) electrons. The van der Waals surface area contributed by atoms with Crippen molar-refractivity contribution in [3.8, 4) is 0 Å². The summed E-state index contributed by atoms with van der Waals surface area (Å²) in [5.41, 5.74) is 5.20. The number of quaternary nitrogens is 1. The highest BCUT2D eigenvalue weighted by Gasteiger charge is 2.13. The first kappa shape index (κ1) is 12.1. The molecule has 0 aliphatic rings. The second-order valence-electron chi connectivity index (χ2n) is 3.70. The molecule has 0 saturated heterocycles. The van der Waals surface area contributed by atoms with Gasteiger partial charge in [0.1, 0.15) is 11.9 Å². The summed E-state index contributed by atoms with van der Waals surface area (Å²) in [5, 5.41) is 0. The standard InChI is InChI=1S/C12H17F2N/c13-9-5-1-2-7-11(14)10-6-3-4-8-12(10)15/h3-4,6,8,11H,1-2,5,7,9,15H2/p+1. The summed E-state index contributed by atoms with van der Waals surface area (Å²) >= 11 is 0. The zero-order valence-electron chi connectivity index (χ0n) is 8.89. The van der Waals surface area contributed by atoms with Crippen molar-refractivity contribution in [2.45, 2.75) is 31.9 Å². The van der Waals surface area contributed by atoms with E-state index in [-0.39, 0.29) is 6.67 Å². The first-order valence-electron chi connectivity index (χ1n) is 5.36. The number of halogens is 2. The van der Waals surface area contributed by atoms with E-state index in [1.165, 1.54) is 0 Å². The molecular weight excluding hydrogens is 196 g/mol. The number of hydrogen-bond acceptors (Lipinski definition) is 0. The minimum atomic E-state index is -0.960. The van der Waals surface area contributed by atoms with Gasteiger partial charge >= 0.3 is 0 Å². The molecule has 0 bridgehead atoms. The third-order valence-corrected chi connectivity index (χ3v) is 2.48. The first-order chi connectivity index (χ1) is 7.25. The molecule has 3 heteroatoms. The van der Waals surface area contributed by atoms with Crippen molar-refractivity contribution < 1.29 is 14.5 Å². The van der Waals surface area contributed by atoms with Crippen LogP contribution in [0.1, 0.15) is 37.4 Å². The Morgan fingerprint density at radius 3 is 2.53 bits per heavy atom. The summed E-state index contributed by atoms with van der Waals surface area (Å²) in [6.07, 6.45) is 1.54. The lowest BCUT2D eigenvalue weighted by atomic mass is 10.0. The third-order valence-electron chi connectivity index (χ3n) is 2.48. The van der Waals surface area contributed by atoms with Crippen molar-refractivity contribution in [1.29, 1.82) is 0 Å². The van der Waals surface area contributed by atoms with E-state index in [1.54, 1.807) is 6.07 Å². The van der Waals surface area contributed by atoms with Crippen molar-refractivity contribution in [2.24, 2.45) is 0 Å². The van der Waals surface area contributed by atoms with Crippen LogP contribution in [0.2, 0.25) is 0 Å². The molecule has 15 heavy (non-hydrogen) atoms. The topological polar surface area (TPSA) is 27.6 Å². The summed E-state index contributed by atoms with van der Waals surface area (Å²) in [4.78, 5) is 0. The SMILES string of the molecule is [NH3+]c1ccccc1C(F)CCCCCF. The monoisotopic (exact) mass is 214 g/mol. The fourth-order valence-electron chi connectivity index (χ4n) is 1.59. The summed E-state index contributed by atoms with van der Waals surface area (Å²) in [7, 11) is 0. The average molecular weight is 214 g/mol. The van der Waals surface area contributed by atoms with Gasteiger partial charge in [-0.15, -0.1) is 0 Å². The molecule has 3 N–H and O–H groups in total. The van der Waals surface area contributed by atoms with Crippen LogP contribution >= 0.6 is 0 Å². The Morgan fingerprint density at radius 1 is 1.13 bits per heavy atom. The molecule has 1 rings (SSSR count). The average Bonchev–Trinajstić information content (AvgIpc) is 2.25. The smallest absolute Gasteiger partial charge is 0.134 e. The van der Waals surface area contributed by atoms with Gasteiger partial charge in [0.2, 0.25) is 0 Å². The van der Waals surface area contributed by atoms with Crippen LogP contribution in [-0.2, 0) is 0 Å². The molecule has 1 unspecified atom stereocenters. The zero-order valence-corrected chi connectivity index (χ0v) is 8.89. The number of benzene rings is 1. The molecule has 1 atom stereocenters. The van der Waals surface area contributed by atoms with Crippen molar-refractivity contribution >= 4 is 5.69 Å². The van der Waals surface area contributed by atoms with Gasteiger partial charge in [-0.05, 0) is 18.9 Å². The molecule has 0 amide bonds. The number of rotatable bonds is 6. The predicted octanol–water partition coefficient (Wildman–Crippen LogP) is 3.10. The highest BCUT2D eigenvalue weighted by atomic mass is 19.1. The van der Waals surface area contributed by atoms with Crippen LogP contribution in [0, 0.1) is 0 Å². The maximum atomic E-state index is 13.7. The Bertz CT molecular complexity index is 289. The van der Waals surface area contributed by atoms with Crippen LogP contribution in [0.4, 0.5) is 14.5 Å². The van der Waals surface area contributed by atoms with E-state index in [9.17, 15) is 8.78 Å². The molecule has 1 aromatic rings. The van der Waals surface area contributed by atoms with Crippen LogP contribution in [0.5, 0.6) is 0 Å². The maximum absolute atomic E-state index is 13.7. The van der Waals surface area contributed by atoms with Crippen LogP contribution in [0.25, 0.3) is 0 Å². The number of hydrogen-bond donors (Lipinski definition) is 1. The summed E-state index contributed by atoms with van der Waals surface area (Å²) in [6, 6.07) is 7.24. The Morgan fingerprint density at radius 2 is 1.87 bits per heavy atom. The normalized spacial score (nSPS) is 12.7. The molecule has 0 aliphatic carbocycles. The lowest BCUT2D eigenvalue weighted by Crippen LogP contribution is -2.41. The molecule has 0 spiro atoms. The van der Waals surface area contributed by atoms with Crippen LogP contribution in [0.15, 0.2) is 24.3 Å². The molecule has 0 fully saturated rings. The highest BCUT2D eigenvalue weighted by molar-refractivity contribution is 5.39. The predicted molar refractivity (Wildman–Crippen MR) is 57.3 cm³/mol. The van der Waals surface area contributed by atoms with Gasteiger partial charge in [0, 0.05) is 5.56 Å². The Labute approximate surface area is 89.3 Å². The van der Waals surface area contributed by atoms with E-state index in [0.29, 0.717) is 18.4 Å². The second kappa shape index (κ2) is 6.51. The van der Waals surface area contributed by atoms with E-state index < -0.39 is 6.17 Å². The summed E-state index contributed by atoms with van der Waals surface area (Å²) in [5.74, 6) is 0. The van der Waals surface area contributed by atoms with Gasteiger partial charge in [0.25, 0.3) is 0 Å². The third kappa shape index (κ3) is 3.96. The van der Waals surface area contributed by atoms with Crippen LogP contribution in [0.3, 0.4) is 0 Å². The van der Waals surface area contributed by atoms with Crippen molar-refractivity contribution in [3.05, 3.63) is 29.8 Å². The Kier molecular flexibility index (Phi) is 5.26. The molecule has 1 aromatic carbocycles. The van der Waals surface area contributed by atoms with Crippen LogP contribution < -0.4 is 5.73 Å². The molecule has 0 aromatic heterocycles. The Balaban J connectivity index is 2.40. The van der Waals surface area contributed by atoms with Gasteiger partial charge < -0.3 is 5.73 Å². The fraction of sp³-hybridized carbons (Fsp3) is 0.500. The minimum Gasteiger partial charge on any atom is -0.325 e. The highest BCUT2D eigenvalue weighted by Crippen LogP contribution is 2.27. The second-order valence-corrected chi connectivity index (χ2v) is 3.70.